The molecule has 2 heterocycles. The van der Waals surface area contributed by atoms with E-state index in [1.807, 2.05) is 18.2 Å². The van der Waals surface area contributed by atoms with Gasteiger partial charge in [0.15, 0.2) is 0 Å². The van der Waals surface area contributed by atoms with Crippen LogP contribution >= 0.6 is 0 Å². The van der Waals surface area contributed by atoms with Crippen LogP contribution in [0.25, 0.3) is 10.9 Å². The van der Waals surface area contributed by atoms with E-state index in [4.69, 9.17) is 4.42 Å². The van der Waals surface area contributed by atoms with Gasteiger partial charge in [-0.05, 0) is 35.2 Å². The molecular formula is C25H26N2O2. The highest BCUT2D eigenvalue weighted by Gasteiger charge is 2.26. The number of benzene rings is 2. The van der Waals surface area contributed by atoms with Gasteiger partial charge in [0.05, 0.1) is 12.8 Å². The number of rotatable bonds is 7. The molecule has 0 saturated heterocycles. The molecule has 0 bridgehead atoms. The van der Waals surface area contributed by atoms with Gasteiger partial charge in [-0.2, -0.15) is 0 Å². The van der Waals surface area contributed by atoms with E-state index in [0.717, 1.165) is 5.76 Å². The fraction of sp³-hybridized carbons (Fsp3) is 0.240. The van der Waals surface area contributed by atoms with Crippen molar-refractivity contribution in [1.82, 2.24) is 9.88 Å². The Bertz CT molecular complexity index is 1080. The first-order valence-corrected chi connectivity index (χ1v) is 10.0. The van der Waals surface area contributed by atoms with Crippen molar-refractivity contribution in [2.45, 2.75) is 31.7 Å². The van der Waals surface area contributed by atoms with Gasteiger partial charge in [0.25, 0.3) is 0 Å². The number of para-hydroxylation sites is 1. The van der Waals surface area contributed by atoms with Crippen LogP contribution in [0.15, 0.2) is 83.6 Å². The van der Waals surface area contributed by atoms with Crippen LogP contribution in [0.4, 0.5) is 0 Å². The molecule has 4 rings (SSSR count). The number of furan rings is 1. The molecule has 4 heteroatoms. The highest BCUT2D eigenvalue weighted by molar-refractivity contribution is 5.86. The van der Waals surface area contributed by atoms with E-state index < -0.39 is 0 Å². The Hall–Kier alpha value is -3.27. The first-order chi connectivity index (χ1) is 14.1. The predicted molar refractivity (Wildman–Crippen MR) is 116 cm³/mol. The van der Waals surface area contributed by atoms with Gasteiger partial charge >= 0.3 is 0 Å². The molecule has 1 amide bonds. The Kier molecular flexibility index (Phi) is 5.52. The van der Waals surface area contributed by atoms with E-state index in [0.29, 0.717) is 13.0 Å². The van der Waals surface area contributed by atoms with Crippen LogP contribution in [0.2, 0.25) is 0 Å². The van der Waals surface area contributed by atoms with Crippen molar-refractivity contribution < 1.29 is 9.21 Å². The molecule has 0 saturated carbocycles. The molecule has 0 aliphatic heterocycles. The Balaban J connectivity index is 1.64. The van der Waals surface area contributed by atoms with E-state index in [1.54, 1.807) is 6.26 Å². The van der Waals surface area contributed by atoms with Gasteiger partial charge in [-0.15, -0.1) is 0 Å². The lowest BCUT2D eigenvalue weighted by Crippen LogP contribution is -2.26. The number of carbonyl (C=O) groups excluding carboxylic acids is 1. The first kappa shape index (κ1) is 19.1. The molecule has 0 aliphatic rings. The fourth-order valence-corrected chi connectivity index (χ4v) is 4.08. The molecule has 2 atom stereocenters. The lowest BCUT2D eigenvalue weighted by atomic mass is 9.80. The largest absolute Gasteiger partial charge is 0.467 e. The summed E-state index contributed by atoms with van der Waals surface area (Å²) >= 11 is 0. The summed E-state index contributed by atoms with van der Waals surface area (Å²) in [7, 11) is 2.06. The zero-order valence-electron chi connectivity index (χ0n) is 16.8. The average Bonchev–Trinajstić information content (AvgIpc) is 3.39. The van der Waals surface area contributed by atoms with Crippen molar-refractivity contribution in [2.75, 3.05) is 0 Å². The first-order valence-electron chi connectivity index (χ1n) is 10.0. The van der Waals surface area contributed by atoms with Gasteiger partial charge in [-0.3, -0.25) is 4.79 Å². The molecule has 0 unspecified atom stereocenters. The molecule has 2 aromatic heterocycles. The van der Waals surface area contributed by atoms with Crippen LogP contribution in [0.5, 0.6) is 0 Å². The number of nitrogens with one attached hydrogen (secondary N) is 1. The standard InChI is InChI=1S/C25H26N2O2/c1-18(19-9-4-3-5-10-19)22(15-25(28)26-16-20-11-8-14-29-20)23-17-27(2)24-13-7-6-12-21(23)24/h3-14,17-18,22H,15-16H2,1-2H3,(H,26,28)/t18-,22+/m0/s1. The second-order valence-corrected chi connectivity index (χ2v) is 7.58. The lowest BCUT2D eigenvalue weighted by molar-refractivity contribution is -0.121. The van der Waals surface area contributed by atoms with Gasteiger partial charge in [0.2, 0.25) is 5.91 Å². The highest BCUT2D eigenvalue weighted by Crippen LogP contribution is 2.39. The summed E-state index contributed by atoms with van der Waals surface area (Å²) in [6.07, 6.45) is 4.22. The van der Waals surface area contributed by atoms with Crippen LogP contribution in [0.1, 0.15) is 42.1 Å². The van der Waals surface area contributed by atoms with Crippen molar-refractivity contribution >= 4 is 16.8 Å². The third kappa shape index (κ3) is 4.11. The molecule has 0 aliphatic carbocycles. The van der Waals surface area contributed by atoms with Crippen molar-refractivity contribution in [3.05, 3.63) is 96.1 Å². The maximum absolute atomic E-state index is 12.8. The van der Waals surface area contributed by atoms with Gasteiger partial charge in [-0.25, -0.2) is 0 Å². The molecule has 1 N–H and O–H groups in total. The minimum absolute atomic E-state index is 0.0297. The van der Waals surface area contributed by atoms with Gasteiger partial charge in [0.1, 0.15) is 5.76 Å². The summed E-state index contributed by atoms with van der Waals surface area (Å²) in [5, 5.41) is 4.22. The predicted octanol–water partition coefficient (Wildman–Crippen LogP) is 5.37. The van der Waals surface area contributed by atoms with Crippen LogP contribution < -0.4 is 5.32 Å². The molecule has 4 aromatic rings. The topological polar surface area (TPSA) is 47.2 Å². The summed E-state index contributed by atoms with van der Waals surface area (Å²) < 4.78 is 7.48. The normalized spacial score (nSPS) is 13.3. The molecule has 148 valence electrons. The van der Waals surface area contributed by atoms with Crippen molar-refractivity contribution in [1.29, 1.82) is 0 Å². The SMILES string of the molecule is C[C@@H](c1ccccc1)[C@@H](CC(=O)NCc1ccco1)c1cn(C)c2ccccc12. The van der Waals surface area contributed by atoms with E-state index in [2.05, 4.69) is 78.6 Å². The van der Waals surface area contributed by atoms with E-state index >= 15 is 0 Å². The number of nitrogens with zero attached hydrogens (tertiary/aromatic N) is 1. The van der Waals surface area contributed by atoms with Crippen molar-refractivity contribution in [2.24, 2.45) is 7.05 Å². The molecular weight excluding hydrogens is 360 g/mol. The maximum Gasteiger partial charge on any atom is 0.221 e. The van der Waals surface area contributed by atoms with Gasteiger partial charge in [0, 0.05) is 36.5 Å². The van der Waals surface area contributed by atoms with Crippen LogP contribution in [0.3, 0.4) is 0 Å². The van der Waals surface area contributed by atoms with Gasteiger partial charge < -0.3 is 14.3 Å². The van der Waals surface area contributed by atoms with Crippen LogP contribution in [-0.2, 0) is 18.4 Å². The maximum atomic E-state index is 12.8. The second-order valence-electron chi connectivity index (χ2n) is 7.58. The fourth-order valence-electron chi connectivity index (χ4n) is 4.08. The van der Waals surface area contributed by atoms with Crippen LogP contribution in [-0.4, -0.2) is 10.5 Å². The second kappa shape index (κ2) is 8.39. The number of amides is 1. The zero-order valence-corrected chi connectivity index (χ0v) is 16.8. The number of aryl methyl sites for hydroxylation is 1. The summed E-state index contributed by atoms with van der Waals surface area (Å²) in [5.74, 6) is 1.06. The summed E-state index contributed by atoms with van der Waals surface area (Å²) in [5.41, 5.74) is 3.64. The van der Waals surface area contributed by atoms with Crippen LogP contribution in [0, 0.1) is 0 Å². The number of carbonyl (C=O) groups is 1. The quantitative estimate of drug-likeness (QED) is 0.464. The summed E-state index contributed by atoms with van der Waals surface area (Å²) in [6, 6.07) is 22.5. The molecule has 4 nitrogen and oxygen atoms in total. The third-order valence-electron chi connectivity index (χ3n) is 5.70. The Labute approximate surface area is 171 Å². The Morgan fingerprint density at radius 3 is 2.55 bits per heavy atom. The highest BCUT2D eigenvalue weighted by atomic mass is 16.3. The van der Waals surface area contributed by atoms with E-state index in [9.17, 15) is 4.79 Å². The van der Waals surface area contributed by atoms with Crippen molar-refractivity contribution in [3.63, 3.8) is 0 Å². The average molecular weight is 386 g/mol. The Morgan fingerprint density at radius 2 is 1.79 bits per heavy atom. The minimum atomic E-state index is 0.0297. The third-order valence-corrected chi connectivity index (χ3v) is 5.70. The molecule has 2 aromatic carbocycles. The monoisotopic (exact) mass is 386 g/mol. The Morgan fingerprint density at radius 1 is 1.03 bits per heavy atom. The van der Waals surface area contributed by atoms with Gasteiger partial charge in [-0.1, -0.05) is 55.5 Å². The smallest absolute Gasteiger partial charge is 0.221 e. The zero-order chi connectivity index (χ0) is 20.2. The minimum Gasteiger partial charge on any atom is -0.467 e. The molecule has 29 heavy (non-hydrogen) atoms. The van der Waals surface area contributed by atoms with Crippen molar-refractivity contribution in [3.8, 4) is 0 Å². The van der Waals surface area contributed by atoms with E-state index in [1.165, 1.54) is 22.0 Å². The number of hydrogen-bond acceptors (Lipinski definition) is 2. The molecule has 0 radical (unpaired) electrons. The van der Waals surface area contributed by atoms with E-state index in [-0.39, 0.29) is 17.7 Å². The number of fused-ring (bicyclic) bond motifs is 1. The summed E-state index contributed by atoms with van der Waals surface area (Å²) in [6.45, 7) is 2.62. The molecule has 0 fully saturated rings. The molecule has 0 spiro atoms. The lowest BCUT2D eigenvalue weighted by Gasteiger charge is -2.24. The number of hydrogen-bond donors (Lipinski definition) is 1. The number of aromatic nitrogens is 1. The summed E-state index contributed by atoms with van der Waals surface area (Å²) in [4.78, 5) is 12.8.